The highest BCUT2D eigenvalue weighted by Gasteiger charge is 2.32. The Kier molecular flexibility index (Phi) is 6.15. The molecular formula is C46H26O2S2. The summed E-state index contributed by atoms with van der Waals surface area (Å²) >= 11 is 3.76. The average molecular weight is 675 g/mol. The molecule has 0 radical (unpaired) electrons. The molecule has 0 aliphatic carbocycles. The largest absolute Gasteiger partial charge is 0.457 e. The van der Waals surface area contributed by atoms with E-state index >= 15 is 0 Å². The lowest BCUT2D eigenvalue weighted by molar-refractivity contribution is 0.488. The zero-order chi connectivity index (χ0) is 32.8. The fraction of sp³-hybridized carbons (Fsp3) is 0. The van der Waals surface area contributed by atoms with Crippen LogP contribution in [0.4, 0.5) is 0 Å². The van der Waals surface area contributed by atoms with Crippen molar-refractivity contribution >= 4 is 66.6 Å². The molecule has 11 rings (SSSR count). The second-order valence-corrected chi connectivity index (χ2v) is 14.8. The van der Waals surface area contributed by atoms with Crippen molar-refractivity contribution < 1.29 is 9.47 Å². The van der Waals surface area contributed by atoms with Crippen LogP contribution >= 0.6 is 23.5 Å². The molecule has 2 aliphatic rings. The minimum atomic E-state index is 0.831. The fourth-order valence-corrected chi connectivity index (χ4v) is 10.3. The summed E-state index contributed by atoms with van der Waals surface area (Å²) in [4.78, 5) is 5.11. The molecule has 4 heteroatoms. The minimum Gasteiger partial charge on any atom is -0.457 e. The van der Waals surface area contributed by atoms with Crippen LogP contribution in [0.25, 0.3) is 65.3 Å². The lowest BCUT2D eigenvalue weighted by Gasteiger charge is -2.30. The summed E-state index contributed by atoms with van der Waals surface area (Å²) in [5.41, 5.74) is 4.99. The number of hydrogen-bond acceptors (Lipinski definition) is 4. The quantitative estimate of drug-likeness (QED) is 0.173. The van der Waals surface area contributed by atoms with Gasteiger partial charge in [0.2, 0.25) is 0 Å². The first-order chi connectivity index (χ1) is 24.8. The third-order valence-corrected chi connectivity index (χ3v) is 12.3. The lowest BCUT2D eigenvalue weighted by atomic mass is 9.84. The topological polar surface area (TPSA) is 18.5 Å². The Labute approximate surface area is 297 Å². The number of ether oxygens (including phenoxy) is 2. The van der Waals surface area contributed by atoms with Crippen molar-refractivity contribution in [1.29, 1.82) is 0 Å². The van der Waals surface area contributed by atoms with Gasteiger partial charge in [0.25, 0.3) is 0 Å². The van der Waals surface area contributed by atoms with Gasteiger partial charge in [-0.1, -0.05) is 133 Å². The number of benzene rings is 9. The molecule has 0 saturated carbocycles. The van der Waals surface area contributed by atoms with Gasteiger partial charge in [-0.15, -0.1) is 0 Å². The molecule has 9 aromatic carbocycles. The number of para-hydroxylation sites is 2. The number of fused-ring (bicyclic) bond motifs is 11. The third kappa shape index (κ3) is 4.13. The molecule has 0 saturated heterocycles. The van der Waals surface area contributed by atoms with Crippen molar-refractivity contribution in [1.82, 2.24) is 0 Å². The molecular weight excluding hydrogens is 649 g/mol. The molecule has 234 valence electrons. The van der Waals surface area contributed by atoms with E-state index in [1.165, 1.54) is 74.2 Å². The summed E-state index contributed by atoms with van der Waals surface area (Å²) in [6.07, 6.45) is 0. The molecule has 0 atom stereocenters. The number of rotatable bonds is 4. The van der Waals surface area contributed by atoms with E-state index in [9.17, 15) is 0 Å². The van der Waals surface area contributed by atoms with Crippen LogP contribution in [0.15, 0.2) is 177 Å². The predicted octanol–water partition coefficient (Wildman–Crippen LogP) is 14.1. The zero-order valence-corrected chi connectivity index (χ0v) is 28.3. The van der Waals surface area contributed by atoms with Gasteiger partial charge in [-0.3, -0.25) is 0 Å². The van der Waals surface area contributed by atoms with Gasteiger partial charge in [-0.25, -0.2) is 0 Å². The Bertz CT molecular complexity index is 2670. The van der Waals surface area contributed by atoms with Crippen LogP contribution < -0.4 is 9.47 Å². The van der Waals surface area contributed by atoms with E-state index in [1.807, 2.05) is 84.2 Å². The molecule has 2 nitrogen and oxygen atoms in total. The van der Waals surface area contributed by atoms with Crippen molar-refractivity contribution in [2.45, 2.75) is 19.6 Å². The normalized spacial score (nSPS) is 12.6. The van der Waals surface area contributed by atoms with E-state index in [2.05, 4.69) is 97.1 Å². The SMILES string of the molecule is c1ccc(Oc2cc3c(c4ccccc24)Sc2ccc4c5c(c6ccccc6c-3c25)-c2cc(Oc3ccccc3)c3ccccc3c2S4)cc1. The molecule has 0 aromatic heterocycles. The van der Waals surface area contributed by atoms with E-state index in [4.69, 9.17) is 9.47 Å². The van der Waals surface area contributed by atoms with Gasteiger partial charge in [0.1, 0.15) is 23.0 Å². The van der Waals surface area contributed by atoms with Crippen LogP contribution in [-0.4, -0.2) is 0 Å². The Balaban J connectivity index is 1.24. The van der Waals surface area contributed by atoms with E-state index in [-0.39, 0.29) is 0 Å². The van der Waals surface area contributed by atoms with E-state index in [0.717, 1.165) is 33.8 Å². The Morgan fingerprint density at radius 2 is 0.700 bits per heavy atom. The second-order valence-electron chi connectivity index (χ2n) is 12.7. The first-order valence-corrected chi connectivity index (χ1v) is 18.4. The molecule has 50 heavy (non-hydrogen) atoms. The summed E-state index contributed by atoms with van der Waals surface area (Å²) in [6, 6.07) is 55.7. The predicted molar refractivity (Wildman–Crippen MR) is 209 cm³/mol. The smallest absolute Gasteiger partial charge is 0.135 e. The van der Waals surface area contributed by atoms with Crippen molar-refractivity contribution in [3.05, 3.63) is 158 Å². The number of hydrogen-bond donors (Lipinski definition) is 0. The third-order valence-electron chi connectivity index (χ3n) is 9.91. The standard InChI is InChI=1S/C46H26O2S2/c1-3-13-27(14-4-1)47-37-25-35-41-31-19-9-10-20-32(31)42-36-26-38(48-28-15-5-2-6-16-28)30-18-8-12-22-34(30)46(36)50-40-24-23-39(43(41)44(40)42)49-45(35)33-21-11-7-17-29(33)37/h1-26H. The van der Waals surface area contributed by atoms with Gasteiger partial charge in [-0.05, 0) is 81.2 Å². The maximum absolute atomic E-state index is 6.66. The van der Waals surface area contributed by atoms with Crippen LogP contribution in [0, 0.1) is 0 Å². The molecule has 2 heterocycles. The monoisotopic (exact) mass is 674 g/mol. The Hall–Kier alpha value is -5.68. The molecule has 9 aromatic rings. The summed E-state index contributed by atoms with van der Waals surface area (Å²) in [5, 5.41) is 9.75. The Morgan fingerprint density at radius 3 is 1.12 bits per heavy atom. The highest BCUT2D eigenvalue weighted by Crippen LogP contribution is 2.61. The fourth-order valence-electron chi connectivity index (χ4n) is 7.82. The summed E-state index contributed by atoms with van der Waals surface area (Å²) in [7, 11) is 0. The van der Waals surface area contributed by atoms with Crippen molar-refractivity contribution in [2.75, 3.05) is 0 Å². The van der Waals surface area contributed by atoms with Gasteiger partial charge in [0.15, 0.2) is 0 Å². The van der Waals surface area contributed by atoms with Crippen LogP contribution in [-0.2, 0) is 0 Å². The van der Waals surface area contributed by atoms with Crippen LogP contribution in [0.1, 0.15) is 0 Å². The summed E-state index contributed by atoms with van der Waals surface area (Å²) < 4.78 is 13.3. The molecule has 0 unspecified atom stereocenters. The van der Waals surface area contributed by atoms with Gasteiger partial charge in [0, 0.05) is 52.3 Å². The molecule has 0 amide bonds. The van der Waals surface area contributed by atoms with Crippen LogP contribution in [0.5, 0.6) is 23.0 Å². The van der Waals surface area contributed by atoms with E-state index < -0.39 is 0 Å². The highest BCUT2D eigenvalue weighted by molar-refractivity contribution is 8.00. The lowest BCUT2D eigenvalue weighted by Crippen LogP contribution is -2.02. The van der Waals surface area contributed by atoms with Crippen LogP contribution in [0.3, 0.4) is 0 Å². The summed E-state index contributed by atoms with van der Waals surface area (Å²) in [5.74, 6) is 3.40. The van der Waals surface area contributed by atoms with Crippen LogP contribution in [0.2, 0.25) is 0 Å². The highest BCUT2D eigenvalue weighted by atomic mass is 32.2. The van der Waals surface area contributed by atoms with Gasteiger partial charge in [0.05, 0.1) is 0 Å². The maximum atomic E-state index is 6.66. The first-order valence-electron chi connectivity index (χ1n) is 16.8. The zero-order valence-electron chi connectivity index (χ0n) is 26.6. The molecule has 0 fully saturated rings. The first kappa shape index (κ1) is 28.2. The van der Waals surface area contributed by atoms with E-state index in [1.54, 1.807) is 0 Å². The van der Waals surface area contributed by atoms with Gasteiger partial charge in [-0.2, -0.15) is 0 Å². The maximum Gasteiger partial charge on any atom is 0.135 e. The van der Waals surface area contributed by atoms with Crippen molar-refractivity contribution in [2.24, 2.45) is 0 Å². The minimum absolute atomic E-state index is 0.831. The summed E-state index contributed by atoms with van der Waals surface area (Å²) in [6.45, 7) is 0. The Morgan fingerprint density at radius 1 is 0.340 bits per heavy atom. The molecule has 2 aliphatic heterocycles. The van der Waals surface area contributed by atoms with Gasteiger partial charge < -0.3 is 9.47 Å². The van der Waals surface area contributed by atoms with Gasteiger partial charge >= 0.3 is 0 Å². The second kappa shape index (κ2) is 10.9. The molecule has 0 N–H and O–H groups in total. The molecule has 0 bridgehead atoms. The van der Waals surface area contributed by atoms with E-state index in [0.29, 0.717) is 0 Å². The van der Waals surface area contributed by atoms with Crippen molar-refractivity contribution in [3.8, 4) is 45.3 Å². The van der Waals surface area contributed by atoms with Crippen molar-refractivity contribution in [3.63, 3.8) is 0 Å². The molecule has 0 spiro atoms. The average Bonchev–Trinajstić information content (AvgIpc) is 3.18.